The van der Waals surface area contributed by atoms with Crippen molar-refractivity contribution in [2.45, 2.75) is 25.8 Å². The third-order valence-electron chi connectivity index (χ3n) is 4.10. The predicted molar refractivity (Wildman–Crippen MR) is 86.0 cm³/mol. The zero-order chi connectivity index (χ0) is 14.2. The van der Waals surface area contributed by atoms with Gasteiger partial charge in [-0.3, -0.25) is 14.1 Å². The summed E-state index contributed by atoms with van der Waals surface area (Å²) in [6.07, 6.45) is 5.88. The first-order chi connectivity index (χ1) is 10.3. The molecule has 1 fully saturated rings. The van der Waals surface area contributed by atoms with E-state index in [0.29, 0.717) is 5.39 Å². The summed E-state index contributed by atoms with van der Waals surface area (Å²) in [5.41, 5.74) is 0.825. The zero-order valence-corrected chi connectivity index (χ0v) is 12.6. The third-order valence-corrected chi connectivity index (χ3v) is 5.07. The van der Waals surface area contributed by atoms with Crippen LogP contribution in [0.3, 0.4) is 0 Å². The van der Waals surface area contributed by atoms with E-state index in [1.54, 1.807) is 15.7 Å². The maximum absolute atomic E-state index is 12.5. The Balaban J connectivity index is 1.76. The van der Waals surface area contributed by atoms with Gasteiger partial charge in [0.2, 0.25) is 0 Å². The number of fused-ring (bicyclic) bond motifs is 2. The van der Waals surface area contributed by atoms with Gasteiger partial charge in [0, 0.05) is 17.6 Å². The van der Waals surface area contributed by atoms with Crippen molar-refractivity contribution >= 4 is 27.2 Å². The summed E-state index contributed by atoms with van der Waals surface area (Å²) in [4.78, 5) is 21.6. The molecule has 0 radical (unpaired) electrons. The van der Waals surface area contributed by atoms with Gasteiger partial charge in [0.1, 0.15) is 0 Å². The minimum atomic E-state index is 0.0387. The fraction of sp³-hybridized carbons (Fsp3) is 0.375. The van der Waals surface area contributed by atoms with Crippen LogP contribution in [-0.4, -0.2) is 27.4 Å². The van der Waals surface area contributed by atoms with Gasteiger partial charge >= 0.3 is 0 Å². The fourth-order valence-electron chi connectivity index (χ4n) is 3.01. The molecule has 1 saturated heterocycles. The van der Waals surface area contributed by atoms with Crippen molar-refractivity contribution < 1.29 is 0 Å². The Kier molecular flexibility index (Phi) is 3.24. The molecule has 1 aliphatic heterocycles. The van der Waals surface area contributed by atoms with Crippen molar-refractivity contribution in [1.82, 2.24) is 14.3 Å². The summed E-state index contributed by atoms with van der Waals surface area (Å²) in [7, 11) is 0. The Morgan fingerprint density at radius 2 is 1.95 bits per heavy atom. The van der Waals surface area contributed by atoms with E-state index in [2.05, 4.69) is 9.88 Å². The van der Waals surface area contributed by atoms with Crippen molar-refractivity contribution in [3.8, 4) is 0 Å². The van der Waals surface area contributed by atoms with Crippen LogP contribution in [0, 0.1) is 0 Å². The van der Waals surface area contributed by atoms with E-state index in [1.807, 2.05) is 30.5 Å². The summed E-state index contributed by atoms with van der Waals surface area (Å²) in [5.74, 6) is 0. The summed E-state index contributed by atoms with van der Waals surface area (Å²) in [5, 5.41) is 0.692. The standard InChI is InChI=1S/C16H17N3OS/c20-15-13-6-2-3-7-14(13)17-16-19(15)11-12(21-16)10-18-8-4-1-5-9-18/h2-3,6-7,11H,1,4-5,8-10H2. The Morgan fingerprint density at radius 1 is 1.14 bits per heavy atom. The van der Waals surface area contributed by atoms with E-state index in [0.717, 1.165) is 17.0 Å². The zero-order valence-electron chi connectivity index (χ0n) is 11.8. The molecule has 1 aliphatic rings. The van der Waals surface area contributed by atoms with Gasteiger partial charge in [-0.1, -0.05) is 29.9 Å². The first-order valence-electron chi connectivity index (χ1n) is 7.43. The number of benzene rings is 1. The normalized spacial score (nSPS) is 16.8. The number of rotatable bonds is 2. The highest BCUT2D eigenvalue weighted by Gasteiger charge is 2.14. The minimum Gasteiger partial charge on any atom is -0.298 e. The van der Waals surface area contributed by atoms with Gasteiger partial charge in [-0.2, -0.15) is 0 Å². The lowest BCUT2D eigenvalue weighted by molar-refractivity contribution is 0.222. The van der Waals surface area contributed by atoms with Crippen LogP contribution in [0.2, 0.25) is 0 Å². The maximum Gasteiger partial charge on any atom is 0.266 e. The van der Waals surface area contributed by atoms with Crippen LogP contribution in [0.4, 0.5) is 0 Å². The van der Waals surface area contributed by atoms with E-state index < -0.39 is 0 Å². The molecular weight excluding hydrogens is 282 g/mol. The molecule has 4 rings (SSSR count). The molecule has 0 spiro atoms. The van der Waals surface area contributed by atoms with E-state index in [1.165, 1.54) is 37.2 Å². The average molecular weight is 299 g/mol. The maximum atomic E-state index is 12.5. The lowest BCUT2D eigenvalue weighted by Gasteiger charge is -2.25. The Hall–Kier alpha value is -1.72. The highest BCUT2D eigenvalue weighted by molar-refractivity contribution is 7.17. The molecule has 1 aromatic carbocycles. The van der Waals surface area contributed by atoms with Crippen LogP contribution in [0.25, 0.3) is 15.9 Å². The molecule has 4 nitrogen and oxygen atoms in total. The van der Waals surface area contributed by atoms with Gasteiger partial charge in [-0.25, -0.2) is 4.98 Å². The molecule has 108 valence electrons. The second-order valence-electron chi connectivity index (χ2n) is 5.62. The van der Waals surface area contributed by atoms with E-state index in [4.69, 9.17) is 0 Å². The first-order valence-corrected chi connectivity index (χ1v) is 8.25. The number of aromatic nitrogens is 2. The van der Waals surface area contributed by atoms with Crippen molar-refractivity contribution in [2.24, 2.45) is 0 Å². The van der Waals surface area contributed by atoms with Crippen molar-refractivity contribution in [3.63, 3.8) is 0 Å². The predicted octanol–water partition coefficient (Wildman–Crippen LogP) is 2.90. The lowest BCUT2D eigenvalue weighted by Crippen LogP contribution is -2.28. The van der Waals surface area contributed by atoms with Crippen LogP contribution in [0.15, 0.2) is 35.3 Å². The van der Waals surface area contributed by atoms with Crippen molar-refractivity contribution in [1.29, 1.82) is 0 Å². The average Bonchev–Trinajstić information content (AvgIpc) is 2.91. The topological polar surface area (TPSA) is 37.6 Å². The number of hydrogen-bond donors (Lipinski definition) is 0. The minimum absolute atomic E-state index is 0.0387. The van der Waals surface area contributed by atoms with Crippen molar-refractivity contribution in [3.05, 3.63) is 45.7 Å². The Labute approximate surface area is 126 Å². The summed E-state index contributed by atoms with van der Waals surface area (Å²) in [6.45, 7) is 3.26. The van der Waals surface area contributed by atoms with Gasteiger partial charge in [-0.05, 0) is 38.1 Å². The smallest absolute Gasteiger partial charge is 0.266 e. The third kappa shape index (κ3) is 2.36. The molecule has 2 aromatic heterocycles. The SMILES string of the molecule is O=c1c2ccccc2nc2sc(CN3CCCCC3)cn12. The second-order valence-corrected chi connectivity index (χ2v) is 6.71. The molecule has 0 unspecified atom stereocenters. The molecule has 0 aliphatic carbocycles. The van der Waals surface area contributed by atoms with Crippen LogP contribution < -0.4 is 5.56 Å². The molecule has 0 atom stereocenters. The molecule has 3 heterocycles. The summed E-state index contributed by atoms with van der Waals surface area (Å²) >= 11 is 1.63. The van der Waals surface area contributed by atoms with Gasteiger partial charge in [0.25, 0.3) is 5.56 Å². The number of nitrogens with zero attached hydrogens (tertiary/aromatic N) is 3. The number of piperidine rings is 1. The van der Waals surface area contributed by atoms with E-state index in [9.17, 15) is 4.79 Å². The molecule has 0 amide bonds. The summed E-state index contributed by atoms with van der Waals surface area (Å²) in [6, 6.07) is 7.56. The van der Waals surface area contributed by atoms with Gasteiger partial charge in [0.15, 0.2) is 4.96 Å². The highest BCUT2D eigenvalue weighted by atomic mass is 32.1. The lowest BCUT2D eigenvalue weighted by atomic mass is 10.1. The number of likely N-dealkylation sites (tertiary alicyclic amines) is 1. The number of para-hydroxylation sites is 1. The van der Waals surface area contributed by atoms with Crippen LogP contribution in [-0.2, 0) is 6.54 Å². The van der Waals surface area contributed by atoms with E-state index >= 15 is 0 Å². The quantitative estimate of drug-likeness (QED) is 0.730. The monoisotopic (exact) mass is 299 g/mol. The van der Waals surface area contributed by atoms with Gasteiger partial charge in [-0.15, -0.1) is 0 Å². The fourth-order valence-corrected chi connectivity index (χ4v) is 4.03. The van der Waals surface area contributed by atoms with Gasteiger partial charge in [0.05, 0.1) is 10.9 Å². The molecule has 0 N–H and O–H groups in total. The molecule has 3 aromatic rings. The number of thiazole rings is 1. The highest BCUT2D eigenvalue weighted by Crippen LogP contribution is 2.20. The molecule has 21 heavy (non-hydrogen) atoms. The molecule has 0 bridgehead atoms. The molecule has 5 heteroatoms. The largest absolute Gasteiger partial charge is 0.298 e. The van der Waals surface area contributed by atoms with E-state index in [-0.39, 0.29) is 5.56 Å². The first kappa shape index (κ1) is 13.0. The van der Waals surface area contributed by atoms with Crippen LogP contribution in [0.1, 0.15) is 24.1 Å². The molecule has 0 saturated carbocycles. The Bertz CT molecular complexity index is 845. The Morgan fingerprint density at radius 3 is 2.81 bits per heavy atom. The second kappa shape index (κ2) is 5.24. The van der Waals surface area contributed by atoms with Crippen LogP contribution in [0.5, 0.6) is 0 Å². The van der Waals surface area contributed by atoms with Crippen molar-refractivity contribution in [2.75, 3.05) is 13.1 Å². The molecular formula is C16H17N3OS. The van der Waals surface area contributed by atoms with Crippen LogP contribution >= 0.6 is 11.3 Å². The summed E-state index contributed by atoms with van der Waals surface area (Å²) < 4.78 is 1.70. The number of hydrogen-bond acceptors (Lipinski definition) is 4. The van der Waals surface area contributed by atoms with Gasteiger partial charge < -0.3 is 0 Å².